The number of hydrogen-bond acceptors (Lipinski definition) is 4. The van der Waals surface area contributed by atoms with Crippen molar-refractivity contribution in [1.82, 2.24) is 4.90 Å². The van der Waals surface area contributed by atoms with Crippen LogP contribution in [0.15, 0.2) is 73.2 Å². The molecule has 0 saturated heterocycles. The molecule has 38 heavy (non-hydrogen) atoms. The van der Waals surface area contributed by atoms with Crippen molar-refractivity contribution in [1.29, 1.82) is 0 Å². The number of thiocarbonyl (C=S) groups is 1. The van der Waals surface area contributed by atoms with E-state index in [9.17, 15) is 0 Å². The summed E-state index contributed by atoms with van der Waals surface area (Å²) in [7, 11) is 0. The minimum absolute atomic E-state index is 0.377. The number of rotatable bonds is 8. The number of nitrogens with zero attached hydrogens (tertiary/aromatic N) is 1. The van der Waals surface area contributed by atoms with E-state index in [4.69, 9.17) is 29.4 Å². The molecule has 0 radical (unpaired) electrons. The Labute approximate surface area is 244 Å². The van der Waals surface area contributed by atoms with Crippen LogP contribution in [0.2, 0.25) is 0 Å². The van der Waals surface area contributed by atoms with Crippen LogP contribution >= 0.6 is 12.2 Å². The lowest BCUT2D eigenvalue weighted by molar-refractivity contribution is 0.241. The summed E-state index contributed by atoms with van der Waals surface area (Å²) in [5.74, 6) is 0. The lowest BCUT2D eigenvalue weighted by atomic mass is 9.90. The molecule has 0 heterocycles. The quantitative estimate of drug-likeness (QED) is 0.121. The van der Waals surface area contributed by atoms with Gasteiger partial charge in [-0.25, -0.2) is 0 Å². The zero-order chi connectivity index (χ0) is 30.9. The molecule has 0 bridgehead atoms. The number of hydrogen-bond donors (Lipinski definition) is 3. The van der Waals surface area contributed by atoms with E-state index in [1.165, 1.54) is 30.4 Å². The molecule has 1 saturated carbocycles. The van der Waals surface area contributed by atoms with E-state index in [1.807, 2.05) is 72.8 Å². The molecule has 5 heteroatoms. The molecule has 6 N–H and O–H groups in total. The second-order valence-corrected chi connectivity index (χ2v) is 8.53. The zero-order valence-electron chi connectivity index (χ0n) is 27.0. The number of allylic oxidation sites excluding steroid dienone is 7. The maximum absolute atomic E-state index is 5.91. The number of likely N-dealkylation sites (N-methyl/N-ethyl adjacent to an activating group) is 1. The summed E-state index contributed by atoms with van der Waals surface area (Å²) in [4.78, 5) is 3.04. The minimum Gasteiger partial charge on any atom is -0.405 e. The molecule has 1 aliphatic carbocycles. The fourth-order valence-electron chi connectivity index (χ4n) is 3.15. The Hall–Kier alpha value is -2.11. The molecule has 1 aliphatic rings. The van der Waals surface area contributed by atoms with E-state index in [0.717, 1.165) is 37.2 Å². The van der Waals surface area contributed by atoms with Crippen molar-refractivity contribution in [3.63, 3.8) is 0 Å². The van der Waals surface area contributed by atoms with Gasteiger partial charge in [0, 0.05) is 18.6 Å². The van der Waals surface area contributed by atoms with Gasteiger partial charge in [0.2, 0.25) is 0 Å². The average Bonchev–Trinajstić information content (AvgIpc) is 2.99. The second kappa shape index (κ2) is 37.0. The maximum Gasteiger partial charge on any atom is 0.125 e. The highest BCUT2D eigenvalue weighted by atomic mass is 32.1. The topological polar surface area (TPSA) is 81.3 Å². The van der Waals surface area contributed by atoms with Gasteiger partial charge in [0.05, 0.1) is 5.70 Å². The van der Waals surface area contributed by atoms with Crippen molar-refractivity contribution in [3.8, 4) is 0 Å². The summed E-state index contributed by atoms with van der Waals surface area (Å²) < 4.78 is 0. The first-order valence-electron chi connectivity index (χ1n) is 14.5. The Morgan fingerprint density at radius 2 is 1.47 bits per heavy atom. The molecule has 224 valence electrons. The first-order valence-corrected chi connectivity index (χ1v) is 14.9. The van der Waals surface area contributed by atoms with Gasteiger partial charge in [0.15, 0.2) is 0 Å². The maximum atomic E-state index is 5.91. The van der Waals surface area contributed by atoms with E-state index < -0.39 is 0 Å². The molecule has 0 amide bonds. The third-order valence-electron chi connectivity index (χ3n) is 5.54. The standard InChI is InChI=1S/C12H23N3S.C9H17N.C6H10.2C2H6.C2H4/c1-3-11(14)12(16)15(4-2)10-7-5-9(13)6-8-10;1-3-4-6-9(2)7-5-8-10;1-4-6(3)5-2;3*1-2/h3,9-10H,4-8,13-14H2,1-2H3;5,7-8H,3-4,6,10H2,1-2H3;4-5H,1H2,2-3H3;2*1-2H3;1-2H2/b11-3-;8-5-,9-7+;6-5-;;;. The number of unbranched alkanes of at least 4 members (excludes halogenated alkanes) is 1. The molecule has 0 aromatic heterocycles. The fraction of sp³-hybridized carbons (Fsp3) is 0.606. The second-order valence-electron chi connectivity index (χ2n) is 8.14. The Bertz CT molecular complexity index is 639. The molecule has 1 rings (SSSR count). The SMILES string of the molecule is C/C=C(\N)C(=S)N(CC)C1CCC(N)CC1.C=C.C=C/C(C)=C\C.CC.CC.CCCC/C(C)=C/C=C\N. The van der Waals surface area contributed by atoms with Gasteiger partial charge in [0.1, 0.15) is 4.99 Å². The zero-order valence-corrected chi connectivity index (χ0v) is 27.8. The van der Waals surface area contributed by atoms with Crippen LogP contribution in [0.25, 0.3) is 0 Å². The molecular formula is C33H66N4S. The highest BCUT2D eigenvalue weighted by molar-refractivity contribution is 7.80. The molecular weight excluding hydrogens is 484 g/mol. The summed E-state index contributed by atoms with van der Waals surface area (Å²) in [6.07, 6.45) is 19.4. The molecule has 0 aromatic rings. The Balaban J connectivity index is -0.000000142. The van der Waals surface area contributed by atoms with Crippen LogP contribution in [0.4, 0.5) is 0 Å². The van der Waals surface area contributed by atoms with Gasteiger partial charge in [-0.05, 0) is 85.4 Å². The van der Waals surface area contributed by atoms with E-state index in [1.54, 1.807) is 6.20 Å². The van der Waals surface area contributed by atoms with Crippen molar-refractivity contribution in [2.75, 3.05) is 6.54 Å². The summed E-state index contributed by atoms with van der Waals surface area (Å²) in [5.41, 5.74) is 20.3. The third-order valence-corrected chi connectivity index (χ3v) is 6.01. The molecule has 0 spiro atoms. The fourth-order valence-corrected chi connectivity index (χ4v) is 3.54. The lowest BCUT2D eigenvalue weighted by Crippen LogP contribution is -2.44. The Kier molecular flexibility index (Phi) is 44.6. The molecule has 0 atom stereocenters. The summed E-state index contributed by atoms with van der Waals surface area (Å²) in [5, 5.41) is 0. The van der Waals surface area contributed by atoms with Crippen LogP contribution in [0.1, 0.15) is 114 Å². The first kappa shape index (κ1) is 45.8. The number of nitrogens with two attached hydrogens (primary N) is 3. The highest BCUT2D eigenvalue weighted by Crippen LogP contribution is 2.23. The van der Waals surface area contributed by atoms with Crippen LogP contribution in [0.3, 0.4) is 0 Å². The predicted molar refractivity (Wildman–Crippen MR) is 183 cm³/mol. The Morgan fingerprint density at radius 3 is 1.79 bits per heavy atom. The lowest BCUT2D eigenvalue weighted by Gasteiger charge is -2.37. The van der Waals surface area contributed by atoms with Crippen LogP contribution in [0, 0.1) is 0 Å². The van der Waals surface area contributed by atoms with Crippen LogP contribution in [-0.4, -0.2) is 28.5 Å². The minimum atomic E-state index is 0.377. The molecule has 4 nitrogen and oxygen atoms in total. The van der Waals surface area contributed by atoms with Crippen LogP contribution < -0.4 is 17.2 Å². The summed E-state index contributed by atoms with van der Waals surface area (Å²) >= 11 is 5.41. The van der Waals surface area contributed by atoms with E-state index in [-0.39, 0.29) is 0 Å². The largest absolute Gasteiger partial charge is 0.405 e. The van der Waals surface area contributed by atoms with E-state index in [2.05, 4.69) is 51.5 Å². The average molecular weight is 551 g/mol. The monoisotopic (exact) mass is 551 g/mol. The predicted octanol–water partition coefficient (Wildman–Crippen LogP) is 9.36. The third kappa shape index (κ3) is 28.5. The first-order chi connectivity index (χ1) is 18.2. The Morgan fingerprint density at radius 1 is 0.974 bits per heavy atom. The van der Waals surface area contributed by atoms with Gasteiger partial charge < -0.3 is 22.1 Å². The van der Waals surface area contributed by atoms with Gasteiger partial charge in [-0.3, -0.25) is 0 Å². The molecule has 0 aromatic carbocycles. The summed E-state index contributed by atoms with van der Waals surface area (Å²) in [6, 6.07) is 0.901. The summed E-state index contributed by atoms with van der Waals surface area (Å²) in [6.45, 7) is 30.9. The smallest absolute Gasteiger partial charge is 0.125 e. The van der Waals surface area contributed by atoms with Gasteiger partial charge in [0.25, 0.3) is 0 Å². The molecule has 1 fully saturated rings. The van der Waals surface area contributed by atoms with Crippen molar-refractivity contribution in [2.24, 2.45) is 17.2 Å². The highest BCUT2D eigenvalue weighted by Gasteiger charge is 2.25. The van der Waals surface area contributed by atoms with Crippen molar-refractivity contribution >= 4 is 17.2 Å². The van der Waals surface area contributed by atoms with Crippen LogP contribution in [0.5, 0.6) is 0 Å². The van der Waals surface area contributed by atoms with E-state index in [0.29, 0.717) is 17.8 Å². The normalized spacial score (nSPS) is 16.8. The van der Waals surface area contributed by atoms with Crippen molar-refractivity contribution in [2.45, 2.75) is 126 Å². The van der Waals surface area contributed by atoms with Gasteiger partial charge in [-0.2, -0.15) is 0 Å². The van der Waals surface area contributed by atoms with Gasteiger partial charge in [-0.15, -0.1) is 13.2 Å². The van der Waals surface area contributed by atoms with Gasteiger partial charge >= 0.3 is 0 Å². The van der Waals surface area contributed by atoms with Gasteiger partial charge in [-0.1, -0.05) is 95.3 Å². The van der Waals surface area contributed by atoms with Crippen LogP contribution in [-0.2, 0) is 0 Å². The molecule has 0 unspecified atom stereocenters. The molecule has 0 aliphatic heterocycles. The van der Waals surface area contributed by atoms with E-state index >= 15 is 0 Å². The van der Waals surface area contributed by atoms with Crippen molar-refractivity contribution < 1.29 is 0 Å². The van der Waals surface area contributed by atoms with Crippen molar-refractivity contribution in [3.05, 3.63) is 73.2 Å².